The number of halogens is 1. The van der Waals surface area contributed by atoms with Crippen LogP contribution in [-0.2, 0) is 10.0 Å². The van der Waals surface area contributed by atoms with Gasteiger partial charge in [0.05, 0.1) is 10.6 Å². The van der Waals surface area contributed by atoms with Crippen LogP contribution in [0.15, 0.2) is 35.2 Å². The maximum absolute atomic E-state index is 12.0. The number of benzene rings is 1. The molecule has 0 saturated carbocycles. The Morgan fingerprint density at radius 2 is 2.16 bits per heavy atom. The molecular weight excluding hydrogens is 290 g/mol. The molecule has 0 aliphatic rings. The van der Waals surface area contributed by atoms with Crippen molar-refractivity contribution in [2.45, 2.75) is 18.2 Å². The van der Waals surface area contributed by atoms with Crippen LogP contribution in [0.3, 0.4) is 0 Å². The van der Waals surface area contributed by atoms with Gasteiger partial charge in [-0.15, -0.1) is 0 Å². The number of aromatic carboxylic acids is 1. The minimum atomic E-state index is -3.81. The highest BCUT2D eigenvalue weighted by atomic mass is 35.5. The molecule has 1 aromatic rings. The molecule has 0 fully saturated rings. The lowest BCUT2D eigenvalue weighted by Gasteiger charge is -2.08. The maximum atomic E-state index is 12.0. The average Bonchev–Trinajstić information content (AvgIpc) is 2.34. The molecule has 104 valence electrons. The van der Waals surface area contributed by atoms with Crippen LogP contribution < -0.4 is 4.72 Å². The van der Waals surface area contributed by atoms with Gasteiger partial charge in [0.1, 0.15) is 4.90 Å². The number of hydrogen-bond donors (Lipinski definition) is 2. The van der Waals surface area contributed by atoms with Crippen molar-refractivity contribution in [2.24, 2.45) is 0 Å². The van der Waals surface area contributed by atoms with Gasteiger partial charge in [0.25, 0.3) is 0 Å². The van der Waals surface area contributed by atoms with Gasteiger partial charge in [-0.3, -0.25) is 0 Å². The summed E-state index contributed by atoms with van der Waals surface area (Å²) in [7, 11) is -3.81. The molecule has 7 heteroatoms. The first-order valence-electron chi connectivity index (χ1n) is 5.52. The lowest BCUT2D eigenvalue weighted by molar-refractivity contribution is 0.0696. The van der Waals surface area contributed by atoms with Gasteiger partial charge in [-0.1, -0.05) is 23.8 Å². The monoisotopic (exact) mass is 303 g/mol. The van der Waals surface area contributed by atoms with E-state index < -0.39 is 16.0 Å². The molecule has 0 spiro atoms. The number of carbonyl (C=O) groups is 1. The molecule has 1 aromatic carbocycles. The van der Waals surface area contributed by atoms with Gasteiger partial charge < -0.3 is 5.11 Å². The number of carboxylic acid groups (broad SMARTS) is 1. The Morgan fingerprint density at radius 3 is 2.74 bits per heavy atom. The third kappa shape index (κ3) is 4.34. The van der Waals surface area contributed by atoms with Crippen molar-refractivity contribution in [1.29, 1.82) is 0 Å². The summed E-state index contributed by atoms with van der Waals surface area (Å²) in [5, 5.41) is 8.83. The van der Waals surface area contributed by atoms with Crippen LogP contribution in [0.2, 0.25) is 5.02 Å². The molecule has 0 amide bonds. The summed E-state index contributed by atoms with van der Waals surface area (Å²) in [5.41, 5.74) is -0.127. The smallest absolute Gasteiger partial charge is 0.335 e. The van der Waals surface area contributed by atoms with Crippen molar-refractivity contribution in [3.8, 4) is 0 Å². The fourth-order valence-corrected chi connectivity index (χ4v) is 2.93. The van der Waals surface area contributed by atoms with E-state index in [-0.39, 0.29) is 22.0 Å². The van der Waals surface area contributed by atoms with E-state index in [0.717, 1.165) is 6.07 Å². The molecule has 0 unspecified atom stereocenters. The minimum absolute atomic E-state index is 0.0106. The molecule has 0 aliphatic heterocycles. The van der Waals surface area contributed by atoms with Gasteiger partial charge in [0.15, 0.2) is 0 Å². The standard InChI is InChI=1S/C12H14ClNO4S/c1-2-3-4-7-14-19(17,18)11-8-9(12(15)16)5-6-10(11)13/h2-3,5-6,8,14H,4,7H2,1H3,(H,15,16)/b3-2+. The van der Waals surface area contributed by atoms with Crippen LogP contribution in [0, 0.1) is 0 Å². The fraction of sp³-hybridized carbons (Fsp3) is 0.250. The summed E-state index contributed by atoms with van der Waals surface area (Å²) in [4.78, 5) is 10.6. The zero-order valence-corrected chi connectivity index (χ0v) is 11.8. The van der Waals surface area contributed by atoms with Gasteiger partial charge >= 0.3 is 5.97 Å². The highest BCUT2D eigenvalue weighted by Gasteiger charge is 2.19. The average molecular weight is 304 g/mol. The van der Waals surface area contributed by atoms with Crippen LogP contribution >= 0.6 is 11.6 Å². The van der Waals surface area contributed by atoms with E-state index in [2.05, 4.69) is 4.72 Å². The number of hydrogen-bond acceptors (Lipinski definition) is 3. The van der Waals surface area contributed by atoms with E-state index in [1.54, 1.807) is 0 Å². The van der Waals surface area contributed by atoms with Crippen LogP contribution in [0.1, 0.15) is 23.7 Å². The number of rotatable bonds is 6. The quantitative estimate of drug-likeness (QED) is 0.624. The van der Waals surface area contributed by atoms with Gasteiger partial charge in [0, 0.05) is 6.54 Å². The van der Waals surface area contributed by atoms with Crippen LogP contribution in [0.25, 0.3) is 0 Å². The van der Waals surface area contributed by atoms with Crippen molar-refractivity contribution >= 4 is 27.6 Å². The predicted molar refractivity (Wildman–Crippen MR) is 73.0 cm³/mol. The molecule has 0 saturated heterocycles. The van der Waals surface area contributed by atoms with E-state index in [9.17, 15) is 13.2 Å². The summed E-state index contributed by atoms with van der Waals surface area (Å²) < 4.78 is 26.3. The molecule has 19 heavy (non-hydrogen) atoms. The Morgan fingerprint density at radius 1 is 1.47 bits per heavy atom. The Bertz CT molecular complexity index is 596. The molecule has 5 nitrogen and oxygen atoms in total. The van der Waals surface area contributed by atoms with Crippen LogP contribution in [0.5, 0.6) is 0 Å². The van der Waals surface area contributed by atoms with E-state index in [4.69, 9.17) is 16.7 Å². The molecule has 0 bridgehead atoms. The van der Waals surface area contributed by atoms with E-state index in [1.165, 1.54) is 12.1 Å². The topological polar surface area (TPSA) is 83.5 Å². The van der Waals surface area contributed by atoms with Crippen LogP contribution in [0.4, 0.5) is 0 Å². The minimum Gasteiger partial charge on any atom is -0.478 e. The molecule has 0 aliphatic carbocycles. The lowest BCUT2D eigenvalue weighted by atomic mass is 10.2. The van der Waals surface area contributed by atoms with E-state index >= 15 is 0 Å². The molecule has 0 atom stereocenters. The SMILES string of the molecule is C/C=C/CCNS(=O)(=O)c1cc(C(=O)O)ccc1Cl. The summed E-state index contributed by atoms with van der Waals surface area (Å²) in [6.07, 6.45) is 4.18. The van der Waals surface area contributed by atoms with E-state index in [1.807, 2.05) is 19.1 Å². The lowest BCUT2D eigenvalue weighted by Crippen LogP contribution is -2.25. The number of carboxylic acids is 1. The molecule has 0 heterocycles. The second-order valence-electron chi connectivity index (χ2n) is 3.71. The van der Waals surface area contributed by atoms with E-state index in [0.29, 0.717) is 6.42 Å². The third-order valence-electron chi connectivity index (χ3n) is 2.31. The summed E-state index contributed by atoms with van der Waals surface area (Å²) >= 11 is 5.80. The first kappa shape index (κ1) is 15.7. The molecule has 0 radical (unpaired) electrons. The zero-order chi connectivity index (χ0) is 14.5. The maximum Gasteiger partial charge on any atom is 0.335 e. The Kier molecular flexibility index (Phi) is 5.53. The zero-order valence-electron chi connectivity index (χ0n) is 10.3. The first-order chi connectivity index (χ1) is 8.88. The summed E-state index contributed by atoms with van der Waals surface area (Å²) in [6.45, 7) is 2.06. The second kappa shape index (κ2) is 6.70. The van der Waals surface area contributed by atoms with Crippen LogP contribution in [-0.4, -0.2) is 26.0 Å². The summed E-state index contributed by atoms with van der Waals surface area (Å²) in [5.74, 6) is -1.21. The van der Waals surface area contributed by atoms with Crippen molar-refractivity contribution < 1.29 is 18.3 Å². The largest absolute Gasteiger partial charge is 0.478 e. The van der Waals surface area contributed by atoms with Crippen molar-refractivity contribution in [3.63, 3.8) is 0 Å². The van der Waals surface area contributed by atoms with Crippen molar-refractivity contribution in [1.82, 2.24) is 4.72 Å². The summed E-state index contributed by atoms with van der Waals surface area (Å²) in [6, 6.07) is 3.55. The van der Waals surface area contributed by atoms with Gasteiger partial charge in [0.2, 0.25) is 10.0 Å². The second-order valence-corrected chi connectivity index (χ2v) is 5.85. The third-order valence-corrected chi connectivity index (χ3v) is 4.25. The highest BCUT2D eigenvalue weighted by molar-refractivity contribution is 7.89. The molecule has 2 N–H and O–H groups in total. The fourth-order valence-electron chi connectivity index (χ4n) is 1.36. The number of allylic oxidation sites excluding steroid dienone is 1. The normalized spacial score (nSPS) is 11.9. The first-order valence-corrected chi connectivity index (χ1v) is 7.38. The molecule has 1 rings (SSSR count). The molecular formula is C12H14ClNO4S. The predicted octanol–water partition coefficient (Wildman–Crippen LogP) is 2.28. The number of sulfonamides is 1. The highest BCUT2D eigenvalue weighted by Crippen LogP contribution is 2.22. The van der Waals surface area contributed by atoms with Crippen molar-refractivity contribution in [3.05, 3.63) is 40.9 Å². The number of nitrogens with one attached hydrogen (secondary N) is 1. The van der Waals surface area contributed by atoms with Gasteiger partial charge in [-0.25, -0.2) is 17.9 Å². The van der Waals surface area contributed by atoms with Gasteiger partial charge in [-0.2, -0.15) is 0 Å². The Balaban J connectivity index is 3.00. The van der Waals surface area contributed by atoms with Crippen molar-refractivity contribution in [2.75, 3.05) is 6.54 Å². The van der Waals surface area contributed by atoms with Gasteiger partial charge in [-0.05, 0) is 31.5 Å². The molecule has 0 aromatic heterocycles. The Labute approximate surface area is 117 Å². The Hall–Kier alpha value is -1.37.